The Hall–Kier alpha value is -2.88. The zero-order valence-electron chi connectivity index (χ0n) is 15.1. The van der Waals surface area contributed by atoms with Gasteiger partial charge in [-0.05, 0) is 42.5 Å². The van der Waals surface area contributed by atoms with Crippen LogP contribution >= 0.6 is 0 Å². The van der Waals surface area contributed by atoms with Gasteiger partial charge in [0.25, 0.3) is 0 Å². The first-order valence-electron chi connectivity index (χ1n) is 9.14. The predicted molar refractivity (Wildman–Crippen MR) is 105 cm³/mol. The van der Waals surface area contributed by atoms with Gasteiger partial charge in [0.05, 0.1) is 16.9 Å². The van der Waals surface area contributed by atoms with Crippen molar-refractivity contribution < 1.29 is 4.79 Å². The number of rotatable bonds is 4. The van der Waals surface area contributed by atoms with Gasteiger partial charge in [0.1, 0.15) is 0 Å². The average molecular weight is 345 g/mol. The minimum atomic E-state index is 0.222. The molecule has 1 aliphatic rings. The van der Waals surface area contributed by atoms with Crippen molar-refractivity contribution in [3.63, 3.8) is 0 Å². The summed E-state index contributed by atoms with van der Waals surface area (Å²) in [7, 11) is 0. The van der Waals surface area contributed by atoms with Crippen molar-refractivity contribution in [1.29, 1.82) is 0 Å². The van der Waals surface area contributed by atoms with Crippen LogP contribution in [0.5, 0.6) is 0 Å². The summed E-state index contributed by atoms with van der Waals surface area (Å²) in [5.74, 6) is 1.11. The molecule has 2 aromatic heterocycles. The van der Waals surface area contributed by atoms with Gasteiger partial charge in [-0.1, -0.05) is 32.0 Å². The third-order valence-electron chi connectivity index (χ3n) is 5.23. The van der Waals surface area contributed by atoms with E-state index < -0.39 is 0 Å². The van der Waals surface area contributed by atoms with E-state index in [-0.39, 0.29) is 5.78 Å². The minimum absolute atomic E-state index is 0.222. The maximum Gasteiger partial charge on any atom is 0.167 e. The molecule has 1 atom stereocenters. The largest absolute Gasteiger partial charge is 0.356 e. The fourth-order valence-corrected chi connectivity index (χ4v) is 3.68. The number of benzene rings is 1. The second kappa shape index (κ2) is 6.79. The Morgan fingerprint density at radius 2 is 1.81 bits per heavy atom. The van der Waals surface area contributed by atoms with Crippen LogP contribution in [-0.4, -0.2) is 15.8 Å². The monoisotopic (exact) mass is 345 g/mol. The Morgan fingerprint density at radius 1 is 1.08 bits per heavy atom. The quantitative estimate of drug-likeness (QED) is 0.681. The standard InChI is InChI=1S/C22H23N3O/c1-14(2)16-12-18-20(19(26)13-16)22(24-17-6-4-3-5-7-17)21(25-18)15-8-10-23-11-9-15/h3-11,14,16,24-25H,12-13H2,1-2H3. The number of aromatic amines is 1. The summed E-state index contributed by atoms with van der Waals surface area (Å²) in [4.78, 5) is 20.6. The molecule has 3 aromatic rings. The highest BCUT2D eigenvalue weighted by atomic mass is 16.1. The fourth-order valence-electron chi connectivity index (χ4n) is 3.68. The van der Waals surface area contributed by atoms with Gasteiger partial charge < -0.3 is 10.3 Å². The van der Waals surface area contributed by atoms with Gasteiger partial charge >= 0.3 is 0 Å². The van der Waals surface area contributed by atoms with Crippen LogP contribution in [0.3, 0.4) is 0 Å². The minimum Gasteiger partial charge on any atom is -0.356 e. The lowest BCUT2D eigenvalue weighted by atomic mass is 9.80. The molecule has 0 bridgehead atoms. The first-order valence-corrected chi connectivity index (χ1v) is 9.14. The van der Waals surface area contributed by atoms with Crippen LogP contribution in [0.25, 0.3) is 11.3 Å². The highest BCUT2D eigenvalue weighted by Crippen LogP contribution is 2.41. The zero-order valence-corrected chi connectivity index (χ0v) is 15.1. The molecule has 0 saturated heterocycles. The number of nitrogens with zero attached hydrogens (tertiary/aromatic N) is 1. The van der Waals surface area contributed by atoms with E-state index in [0.29, 0.717) is 18.3 Å². The molecule has 4 heteroatoms. The molecule has 1 aromatic carbocycles. The number of nitrogens with one attached hydrogen (secondary N) is 2. The number of carbonyl (C=O) groups is 1. The average Bonchev–Trinajstić information content (AvgIpc) is 3.02. The molecule has 4 nitrogen and oxygen atoms in total. The van der Waals surface area contributed by atoms with Crippen LogP contribution in [0.4, 0.5) is 11.4 Å². The summed E-state index contributed by atoms with van der Waals surface area (Å²) in [5.41, 5.74) is 5.71. The molecule has 0 radical (unpaired) electrons. The van der Waals surface area contributed by atoms with E-state index in [4.69, 9.17) is 0 Å². The van der Waals surface area contributed by atoms with E-state index in [1.165, 1.54) is 0 Å². The van der Waals surface area contributed by atoms with Gasteiger partial charge in [-0.2, -0.15) is 0 Å². The molecule has 132 valence electrons. The number of aromatic nitrogens is 2. The summed E-state index contributed by atoms with van der Waals surface area (Å²) in [5, 5.41) is 3.48. The number of anilines is 2. The highest BCUT2D eigenvalue weighted by molar-refractivity contribution is 6.07. The second-order valence-corrected chi connectivity index (χ2v) is 7.29. The first-order chi connectivity index (χ1) is 12.6. The SMILES string of the molecule is CC(C)C1CC(=O)c2c([nH]c(-c3ccncc3)c2Nc2ccccc2)C1. The Labute approximate surface area is 153 Å². The lowest BCUT2D eigenvalue weighted by Gasteiger charge is -2.25. The van der Waals surface area contributed by atoms with Crippen molar-refractivity contribution in [2.24, 2.45) is 11.8 Å². The lowest BCUT2D eigenvalue weighted by molar-refractivity contribution is 0.0934. The van der Waals surface area contributed by atoms with Crippen molar-refractivity contribution in [3.05, 3.63) is 66.1 Å². The summed E-state index contributed by atoms with van der Waals surface area (Å²) < 4.78 is 0. The van der Waals surface area contributed by atoms with E-state index in [9.17, 15) is 4.79 Å². The topological polar surface area (TPSA) is 57.8 Å². The number of ketones is 1. The number of fused-ring (bicyclic) bond motifs is 1. The Balaban J connectivity index is 1.84. The normalized spacial score (nSPS) is 16.6. The molecule has 4 rings (SSSR count). The molecule has 2 heterocycles. The number of H-pyrrole nitrogens is 1. The van der Waals surface area contributed by atoms with Crippen LogP contribution in [0, 0.1) is 11.8 Å². The number of carbonyl (C=O) groups excluding carboxylic acids is 1. The van der Waals surface area contributed by atoms with Crippen LogP contribution in [-0.2, 0) is 6.42 Å². The third-order valence-corrected chi connectivity index (χ3v) is 5.23. The summed E-state index contributed by atoms with van der Waals surface area (Å²) >= 11 is 0. The maximum absolute atomic E-state index is 13.0. The lowest BCUT2D eigenvalue weighted by Crippen LogP contribution is -2.23. The fraction of sp³-hybridized carbons (Fsp3) is 0.273. The Morgan fingerprint density at radius 3 is 2.50 bits per heavy atom. The van der Waals surface area contributed by atoms with Gasteiger partial charge in [0.15, 0.2) is 5.78 Å². The van der Waals surface area contributed by atoms with Crippen molar-refractivity contribution in [2.75, 3.05) is 5.32 Å². The summed E-state index contributed by atoms with van der Waals surface area (Å²) in [6, 6.07) is 13.9. The van der Waals surface area contributed by atoms with E-state index in [1.807, 2.05) is 42.5 Å². The number of pyridine rings is 1. The molecular weight excluding hydrogens is 322 g/mol. The zero-order chi connectivity index (χ0) is 18.1. The molecule has 26 heavy (non-hydrogen) atoms. The smallest absolute Gasteiger partial charge is 0.167 e. The van der Waals surface area contributed by atoms with Crippen LogP contribution in [0.15, 0.2) is 54.9 Å². The molecule has 0 aliphatic heterocycles. The highest BCUT2D eigenvalue weighted by Gasteiger charge is 2.32. The molecule has 1 aliphatic carbocycles. The number of para-hydroxylation sites is 1. The molecule has 0 fully saturated rings. The molecule has 0 saturated carbocycles. The number of hydrogen-bond donors (Lipinski definition) is 2. The molecular formula is C22H23N3O. The summed E-state index contributed by atoms with van der Waals surface area (Å²) in [6.45, 7) is 4.39. The molecule has 0 amide bonds. The maximum atomic E-state index is 13.0. The van der Waals surface area contributed by atoms with Gasteiger partial charge in [-0.25, -0.2) is 0 Å². The molecule has 0 spiro atoms. The first kappa shape index (κ1) is 16.6. The molecule has 1 unspecified atom stereocenters. The van der Waals surface area contributed by atoms with Gasteiger partial charge in [0, 0.05) is 35.8 Å². The number of hydrogen-bond acceptors (Lipinski definition) is 3. The van der Waals surface area contributed by atoms with E-state index in [1.54, 1.807) is 12.4 Å². The van der Waals surface area contributed by atoms with Gasteiger partial charge in [-0.3, -0.25) is 9.78 Å². The van der Waals surface area contributed by atoms with Crippen LogP contribution in [0.2, 0.25) is 0 Å². The van der Waals surface area contributed by atoms with Crippen LogP contribution < -0.4 is 5.32 Å². The Bertz CT molecular complexity index is 913. The number of Topliss-reactive ketones (excluding diaryl/α,β-unsaturated/α-hetero) is 1. The van der Waals surface area contributed by atoms with Gasteiger partial charge in [-0.15, -0.1) is 0 Å². The summed E-state index contributed by atoms with van der Waals surface area (Å²) in [6.07, 6.45) is 5.08. The van der Waals surface area contributed by atoms with Crippen molar-refractivity contribution >= 4 is 17.2 Å². The van der Waals surface area contributed by atoms with E-state index in [2.05, 4.69) is 29.1 Å². The van der Waals surface area contributed by atoms with Gasteiger partial charge in [0.2, 0.25) is 0 Å². The van der Waals surface area contributed by atoms with Crippen molar-refractivity contribution in [2.45, 2.75) is 26.7 Å². The molecule has 2 N–H and O–H groups in total. The van der Waals surface area contributed by atoms with Crippen molar-refractivity contribution in [1.82, 2.24) is 9.97 Å². The predicted octanol–water partition coefficient (Wildman–Crippen LogP) is 5.22. The van der Waals surface area contributed by atoms with Crippen LogP contribution in [0.1, 0.15) is 36.3 Å². The van der Waals surface area contributed by atoms with E-state index >= 15 is 0 Å². The third kappa shape index (κ3) is 3.03. The second-order valence-electron chi connectivity index (χ2n) is 7.29. The van der Waals surface area contributed by atoms with Crippen molar-refractivity contribution in [3.8, 4) is 11.3 Å². The van der Waals surface area contributed by atoms with E-state index in [0.717, 1.165) is 40.3 Å². The Kier molecular flexibility index (Phi) is 4.33.